The molecule has 0 spiro atoms. The fourth-order valence-corrected chi connectivity index (χ4v) is 3.61. The second-order valence-corrected chi connectivity index (χ2v) is 7.63. The van der Waals surface area contributed by atoms with Gasteiger partial charge in [0.15, 0.2) is 0 Å². The smallest absolute Gasteiger partial charge is 0.262 e. The van der Waals surface area contributed by atoms with Crippen molar-refractivity contribution in [2.24, 2.45) is 0 Å². The van der Waals surface area contributed by atoms with Gasteiger partial charge in [-0.2, -0.15) is 5.26 Å². The Morgan fingerprint density at radius 1 is 0.968 bits per heavy atom. The Hall–Kier alpha value is -3.81. The highest BCUT2D eigenvalue weighted by Crippen LogP contribution is 2.25. The van der Waals surface area contributed by atoms with Crippen LogP contribution in [0.3, 0.4) is 0 Å². The lowest BCUT2D eigenvalue weighted by atomic mass is 10.1. The van der Waals surface area contributed by atoms with Crippen LogP contribution in [-0.4, -0.2) is 10.5 Å². The average Bonchev–Trinajstić information content (AvgIpc) is 3.15. The SMILES string of the molecule is N#C/C(=C/c1cn(Cc2ccc(Cl)cc2)c2ccccc12)C(=O)NCc1ccccc1. The molecule has 1 aromatic heterocycles. The second kappa shape index (κ2) is 9.34. The van der Waals surface area contributed by atoms with Crippen LogP contribution in [0.15, 0.2) is 90.6 Å². The van der Waals surface area contributed by atoms with Crippen molar-refractivity contribution in [3.8, 4) is 6.07 Å². The first-order valence-corrected chi connectivity index (χ1v) is 10.3. The van der Waals surface area contributed by atoms with Crippen LogP contribution in [0.25, 0.3) is 17.0 Å². The summed E-state index contributed by atoms with van der Waals surface area (Å²) >= 11 is 6.00. The molecule has 31 heavy (non-hydrogen) atoms. The molecule has 4 nitrogen and oxygen atoms in total. The fraction of sp³-hybridized carbons (Fsp3) is 0.0769. The number of nitrogens with one attached hydrogen (secondary N) is 1. The molecule has 0 saturated heterocycles. The van der Waals surface area contributed by atoms with Crippen LogP contribution in [0.5, 0.6) is 0 Å². The van der Waals surface area contributed by atoms with Gasteiger partial charge >= 0.3 is 0 Å². The molecule has 152 valence electrons. The summed E-state index contributed by atoms with van der Waals surface area (Å²) in [5.41, 5.74) is 4.03. The lowest BCUT2D eigenvalue weighted by Gasteiger charge is -2.05. The van der Waals surface area contributed by atoms with Gasteiger partial charge < -0.3 is 9.88 Å². The Balaban J connectivity index is 1.61. The molecule has 0 atom stereocenters. The second-order valence-electron chi connectivity index (χ2n) is 7.19. The quantitative estimate of drug-likeness (QED) is 0.324. The van der Waals surface area contributed by atoms with Crippen molar-refractivity contribution in [2.45, 2.75) is 13.1 Å². The number of benzene rings is 3. The molecule has 0 aliphatic rings. The molecule has 1 amide bonds. The summed E-state index contributed by atoms with van der Waals surface area (Å²) in [4.78, 5) is 12.6. The van der Waals surface area contributed by atoms with Crippen molar-refractivity contribution in [3.63, 3.8) is 0 Å². The maximum absolute atomic E-state index is 12.6. The van der Waals surface area contributed by atoms with E-state index in [0.29, 0.717) is 18.1 Å². The van der Waals surface area contributed by atoms with Crippen LogP contribution < -0.4 is 5.32 Å². The van der Waals surface area contributed by atoms with Gasteiger partial charge in [0.25, 0.3) is 5.91 Å². The van der Waals surface area contributed by atoms with Crippen LogP contribution >= 0.6 is 11.6 Å². The molecule has 0 bridgehead atoms. The lowest BCUT2D eigenvalue weighted by molar-refractivity contribution is -0.117. The third-order valence-corrected chi connectivity index (χ3v) is 5.30. The Labute approximate surface area is 186 Å². The molecule has 5 heteroatoms. The van der Waals surface area contributed by atoms with Crippen molar-refractivity contribution in [1.82, 2.24) is 9.88 Å². The first kappa shape index (κ1) is 20.5. The van der Waals surface area contributed by atoms with Crippen LogP contribution in [0.1, 0.15) is 16.7 Å². The summed E-state index contributed by atoms with van der Waals surface area (Å²) in [6.45, 7) is 1.03. The minimum Gasteiger partial charge on any atom is -0.347 e. The molecular weight excluding hydrogens is 406 g/mol. The minimum atomic E-state index is -0.388. The molecule has 0 radical (unpaired) electrons. The highest BCUT2D eigenvalue weighted by molar-refractivity contribution is 6.30. The van der Waals surface area contributed by atoms with E-state index in [-0.39, 0.29) is 11.5 Å². The van der Waals surface area contributed by atoms with E-state index in [0.717, 1.165) is 27.6 Å². The van der Waals surface area contributed by atoms with Gasteiger partial charge in [-0.25, -0.2) is 0 Å². The maximum Gasteiger partial charge on any atom is 0.262 e. The summed E-state index contributed by atoms with van der Waals surface area (Å²) < 4.78 is 2.11. The van der Waals surface area contributed by atoms with E-state index in [4.69, 9.17) is 11.6 Å². The topological polar surface area (TPSA) is 57.8 Å². The summed E-state index contributed by atoms with van der Waals surface area (Å²) in [5, 5.41) is 14.1. The van der Waals surface area contributed by atoms with Crippen LogP contribution in [0.4, 0.5) is 0 Å². The van der Waals surface area contributed by atoms with E-state index in [1.807, 2.05) is 91.1 Å². The maximum atomic E-state index is 12.6. The molecule has 4 rings (SSSR count). The summed E-state index contributed by atoms with van der Waals surface area (Å²) in [6.07, 6.45) is 3.63. The Morgan fingerprint density at radius 3 is 2.42 bits per heavy atom. The van der Waals surface area contributed by atoms with Crippen LogP contribution in [0, 0.1) is 11.3 Å². The van der Waals surface area contributed by atoms with Crippen molar-refractivity contribution in [1.29, 1.82) is 5.26 Å². The van der Waals surface area contributed by atoms with Gasteiger partial charge in [-0.15, -0.1) is 0 Å². The molecular formula is C26H20ClN3O. The number of hydrogen-bond donors (Lipinski definition) is 1. The van der Waals surface area contributed by atoms with Crippen LogP contribution in [-0.2, 0) is 17.9 Å². The first-order chi connectivity index (χ1) is 15.1. The average molecular weight is 426 g/mol. The van der Waals surface area contributed by atoms with Crippen molar-refractivity contribution in [2.75, 3.05) is 0 Å². The lowest BCUT2D eigenvalue weighted by Crippen LogP contribution is -2.23. The molecule has 0 aliphatic carbocycles. The number of hydrogen-bond acceptors (Lipinski definition) is 2. The Bertz CT molecular complexity index is 1280. The number of nitrogens with zero attached hydrogens (tertiary/aromatic N) is 2. The van der Waals surface area contributed by atoms with Crippen LogP contribution in [0.2, 0.25) is 5.02 Å². The molecule has 1 heterocycles. The Morgan fingerprint density at radius 2 is 1.68 bits per heavy atom. The molecule has 1 N–H and O–H groups in total. The van der Waals surface area contributed by atoms with Gasteiger partial charge in [0, 0.05) is 40.8 Å². The summed E-state index contributed by atoms with van der Waals surface area (Å²) in [5.74, 6) is -0.388. The summed E-state index contributed by atoms with van der Waals surface area (Å²) in [7, 11) is 0. The van der Waals surface area contributed by atoms with Gasteiger partial charge in [-0.1, -0.05) is 72.3 Å². The third-order valence-electron chi connectivity index (χ3n) is 5.05. The van der Waals surface area contributed by atoms with Gasteiger partial charge in [0.1, 0.15) is 11.6 Å². The number of aromatic nitrogens is 1. The van der Waals surface area contributed by atoms with Gasteiger partial charge in [0.05, 0.1) is 0 Å². The predicted octanol–water partition coefficient (Wildman–Crippen LogP) is 5.57. The zero-order valence-corrected chi connectivity index (χ0v) is 17.5. The van der Waals surface area contributed by atoms with E-state index in [2.05, 4.69) is 9.88 Å². The fourth-order valence-electron chi connectivity index (χ4n) is 3.49. The normalized spacial score (nSPS) is 11.3. The van der Waals surface area contributed by atoms with Crippen molar-refractivity contribution >= 4 is 34.5 Å². The predicted molar refractivity (Wildman–Crippen MR) is 124 cm³/mol. The number of amides is 1. The zero-order chi connectivity index (χ0) is 21.6. The molecule has 0 fully saturated rings. The number of fused-ring (bicyclic) bond motifs is 1. The molecule has 4 aromatic rings. The van der Waals surface area contributed by atoms with Crippen molar-refractivity contribution in [3.05, 3.63) is 112 Å². The first-order valence-electron chi connectivity index (χ1n) is 9.90. The van der Waals surface area contributed by atoms with Gasteiger partial charge in [-0.3, -0.25) is 4.79 Å². The van der Waals surface area contributed by atoms with Gasteiger partial charge in [-0.05, 0) is 35.4 Å². The van der Waals surface area contributed by atoms with Gasteiger partial charge in [0.2, 0.25) is 0 Å². The van der Waals surface area contributed by atoms with E-state index in [9.17, 15) is 10.1 Å². The molecule has 3 aromatic carbocycles. The number of rotatable bonds is 6. The largest absolute Gasteiger partial charge is 0.347 e. The molecule has 0 aliphatic heterocycles. The standard InChI is InChI=1S/C26H20ClN3O/c27-23-12-10-20(11-13-23)17-30-18-22(24-8-4-5-9-25(24)30)14-21(15-28)26(31)29-16-19-6-2-1-3-7-19/h1-14,18H,16-17H2,(H,29,31)/b21-14-. The van der Waals surface area contributed by atoms with E-state index in [1.165, 1.54) is 0 Å². The molecule has 0 saturated carbocycles. The number of carbonyl (C=O) groups excluding carboxylic acids is 1. The number of halogens is 1. The number of para-hydroxylation sites is 1. The number of nitriles is 1. The van der Waals surface area contributed by atoms with Crippen molar-refractivity contribution < 1.29 is 4.79 Å². The molecule has 0 unspecified atom stereocenters. The van der Waals surface area contributed by atoms with E-state index in [1.54, 1.807) is 6.08 Å². The highest BCUT2D eigenvalue weighted by atomic mass is 35.5. The highest BCUT2D eigenvalue weighted by Gasteiger charge is 2.12. The summed E-state index contributed by atoms with van der Waals surface area (Å²) in [6, 6.07) is 27.3. The zero-order valence-electron chi connectivity index (χ0n) is 16.8. The van der Waals surface area contributed by atoms with E-state index >= 15 is 0 Å². The Kier molecular flexibility index (Phi) is 6.16. The number of carbonyl (C=O) groups is 1. The third kappa shape index (κ3) is 4.85. The monoisotopic (exact) mass is 425 g/mol. The van der Waals surface area contributed by atoms with E-state index < -0.39 is 0 Å². The minimum absolute atomic E-state index is 0.0744.